The molecule has 0 aromatic heterocycles. The number of amides is 2. The Balaban J connectivity index is 1.14. The molecule has 8 aliphatic rings. The summed E-state index contributed by atoms with van der Waals surface area (Å²) in [5.74, 6) is 5.66. The average Bonchev–Trinajstić information content (AvgIpc) is 3.03. The molecule has 7 saturated carbocycles. The van der Waals surface area contributed by atoms with E-state index in [9.17, 15) is 9.59 Å². The van der Waals surface area contributed by atoms with Crippen LogP contribution in [0.2, 0.25) is 0 Å². The van der Waals surface area contributed by atoms with Gasteiger partial charge >= 0.3 is 0 Å². The maximum atomic E-state index is 14.1. The molecule has 2 N–H and O–H groups in total. The van der Waals surface area contributed by atoms with Gasteiger partial charge in [0.05, 0.1) is 0 Å². The van der Waals surface area contributed by atoms with E-state index in [0.29, 0.717) is 29.6 Å². The molecular weight excluding hydrogens is 420 g/mol. The van der Waals surface area contributed by atoms with Crippen molar-refractivity contribution in [1.29, 1.82) is 0 Å². The monoisotopic (exact) mass is 464 g/mol. The van der Waals surface area contributed by atoms with E-state index in [1.165, 1.54) is 57.8 Å². The van der Waals surface area contributed by atoms with Crippen molar-refractivity contribution in [2.75, 3.05) is 0 Å². The summed E-state index contributed by atoms with van der Waals surface area (Å²) in [6.07, 6.45) is 17.9. The SMILES string of the molecule is CC1C[C@H]2[C@@H]3CCC4NC(=O)C=C[C@]4(C)[C@@H]3CC[C@]2(C)C1C(=O)NC12CC3CC(CC(C3)C1)C2. The molecule has 7 fully saturated rings. The normalized spacial score (nSPS) is 56.9. The third kappa shape index (κ3) is 2.95. The molecule has 0 aromatic carbocycles. The Bertz CT molecular complexity index is 905. The van der Waals surface area contributed by atoms with Gasteiger partial charge in [-0.3, -0.25) is 9.59 Å². The van der Waals surface area contributed by atoms with Crippen LogP contribution in [0.1, 0.15) is 91.4 Å². The zero-order valence-corrected chi connectivity index (χ0v) is 21.4. The molecule has 0 radical (unpaired) electrons. The van der Waals surface area contributed by atoms with Crippen LogP contribution in [0.5, 0.6) is 0 Å². The lowest BCUT2D eigenvalue weighted by atomic mass is 9.48. The van der Waals surface area contributed by atoms with Crippen LogP contribution in [-0.4, -0.2) is 23.4 Å². The Morgan fingerprint density at radius 2 is 1.65 bits per heavy atom. The Morgan fingerprint density at radius 1 is 0.971 bits per heavy atom. The van der Waals surface area contributed by atoms with Crippen LogP contribution in [0.4, 0.5) is 0 Å². The number of carbonyl (C=O) groups is 2. The quantitative estimate of drug-likeness (QED) is 0.588. The highest BCUT2D eigenvalue weighted by molar-refractivity contribution is 5.89. The first-order chi connectivity index (χ1) is 16.2. The summed E-state index contributed by atoms with van der Waals surface area (Å²) in [6.45, 7) is 7.24. The highest BCUT2D eigenvalue weighted by Crippen LogP contribution is 2.66. The number of rotatable bonds is 2. The fraction of sp³-hybridized carbons (Fsp3) is 0.867. The highest BCUT2D eigenvalue weighted by Gasteiger charge is 2.63. The van der Waals surface area contributed by atoms with E-state index >= 15 is 0 Å². The third-order valence-electron chi connectivity index (χ3n) is 12.7. The Kier molecular flexibility index (Phi) is 4.60. The molecule has 8 rings (SSSR count). The van der Waals surface area contributed by atoms with E-state index < -0.39 is 0 Å². The fourth-order valence-electron chi connectivity index (χ4n) is 11.9. The minimum Gasteiger partial charge on any atom is -0.350 e. The summed E-state index contributed by atoms with van der Waals surface area (Å²) in [5, 5.41) is 7.07. The van der Waals surface area contributed by atoms with Crippen molar-refractivity contribution in [2.45, 2.75) is 103 Å². The summed E-state index contributed by atoms with van der Waals surface area (Å²) >= 11 is 0. The van der Waals surface area contributed by atoms with E-state index in [-0.39, 0.29) is 34.2 Å². The van der Waals surface area contributed by atoms with Gasteiger partial charge in [0.15, 0.2) is 0 Å². The standard InChI is InChI=1S/C30H44N2O2/c1-17-10-23-21-4-5-24-28(2,9-7-25(33)31-24)22(21)6-8-29(23,3)26(17)27(34)32-30-14-18-11-19(15-30)13-20(12-18)16-30/h7,9,17-24,26H,4-6,8,10-16H2,1-3H3,(H,31,33)(H,32,34)/t17?,18?,19?,20?,21-,22-,23+,24?,26?,28-,29+,30?/m1/s1. The molecule has 2 amide bonds. The lowest BCUT2D eigenvalue weighted by molar-refractivity contribution is -0.140. The van der Waals surface area contributed by atoms with Crippen LogP contribution in [0.15, 0.2) is 12.2 Å². The smallest absolute Gasteiger partial charge is 0.243 e. The fourth-order valence-corrected chi connectivity index (χ4v) is 11.9. The number of hydrogen-bond acceptors (Lipinski definition) is 2. The summed E-state index contributed by atoms with van der Waals surface area (Å²) in [5.41, 5.74) is 0.312. The first-order valence-electron chi connectivity index (χ1n) is 14.5. The zero-order chi connectivity index (χ0) is 23.5. The van der Waals surface area contributed by atoms with Crippen molar-refractivity contribution in [2.24, 2.45) is 58.2 Å². The molecule has 7 aliphatic carbocycles. The van der Waals surface area contributed by atoms with Gasteiger partial charge < -0.3 is 10.6 Å². The van der Waals surface area contributed by atoms with Crippen molar-refractivity contribution in [3.05, 3.63) is 12.2 Å². The topological polar surface area (TPSA) is 58.2 Å². The van der Waals surface area contributed by atoms with Crippen LogP contribution in [0, 0.1) is 58.2 Å². The van der Waals surface area contributed by atoms with Crippen LogP contribution in [-0.2, 0) is 9.59 Å². The number of hydrogen-bond donors (Lipinski definition) is 2. The predicted octanol–water partition coefficient (Wildman–Crippen LogP) is 5.23. The van der Waals surface area contributed by atoms with Crippen LogP contribution in [0.25, 0.3) is 0 Å². The summed E-state index contributed by atoms with van der Waals surface area (Å²) in [6, 6.07) is 0.282. The van der Waals surface area contributed by atoms with Crippen LogP contribution >= 0.6 is 0 Å². The molecule has 1 aliphatic heterocycles. The molecule has 0 spiro atoms. The molecule has 4 heteroatoms. The summed E-state index contributed by atoms with van der Waals surface area (Å²) in [4.78, 5) is 26.2. The Hall–Kier alpha value is -1.32. The maximum absolute atomic E-state index is 14.1. The first kappa shape index (κ1) is 21.9. The molecule has 34 heavy (non-hydrogen) atoms. The summed E-state index contributed by atoms with van der Waals surface area (Å²) < 4.78 is 0. The average molecular weight is 465 g/mol. The van der Waals surface area contributed by atoms with Gasteiger partial charge in [0.2, 0.25) is 11.8 Å². The van der Waals surface area contributed by atoms with Gasteiger partial charge in [0, 0.05) is 22.9 Å². The predicted molar refractivity (Wildman–Crippen MR) is 133 cm³/mol. The molecule has 4 nitrogen and oxygen atoms in total. The van der Waals surface area contributed by atoms with E-state index in [0.717, 1.165) is 30.6 Å². The largest absolute Gasteiger partial charge is 0.350 e. The third-order valence-corrected chi connectivity index (χ3v) is 12.7. The van der Waals surface area contributed by atoms with Crippen molar-refractivity contribution in [1.82, 2.24) is 10.6 Å². The molecule has 186 valence electrons. The summed E-state index contributed by atoms with van der Waals surface area (Å²) in [7, 11) is 0. The van der Waals surface area contributed by atoms with Gasteiger partial charge in [-0.2, -0.15) is 0 Å². The minimum atomic E-state index is 0.0704. The lowest BCUT2D eigenvalue weighted by Gasteiger charge is -2.59. The van der Waals surface area contributed by atoms with E-state index in [4.69, 9.17) is 0 Å². The molecule has 4 bridgehead atoms. The van der Waals surface area contributed by atoms with Gasteiger partial charge in [0.25, 0.3) is 0 Å². The van der Waals surface area contributed by atoms with E-state index in [1.807, 2.05) is 0 Å². The van der Waals surface area contributed by atoms with Gasteiger partial charge in [-0.05, 0) is 124 Å². The lowest BCUT2D eigenvalue weighted by Crippen LogP contribution is -2.62. The van der Waals surface area contributed by atoms with Gasteiger partial charge in [-0.1, -0.05) is 26.8 Å². The van der Waals surface area contributed by atoms with E-state index in [1.54, 1.807) is 6.08 Å². The van der Waals surface area contributed by atoms with Crippen molar-refractivity contribution < 1.29 is 9.59 Å². The number of carbonyl (C=O) groups excluding carboxylic acids is 2. The van der Waals surface area contributed by atoms with Crippen molar-refractivity contribution in [3.63, 3.8) is 0 Å². The minimum absolute atomic E-state index is 0.0704. The Morgan fingerprint density at radius 3 is 2.32 bits per heavy atom. The maximum Gasteiger partial charge on any atom is 0.243 e. The zero-order valence-electron chi connectivity index (χ0n) is 21.4. The second-order valence-electron chi connectivity index (χ2n) is 14.6. The van der Waals surface area contributed by atoms with Gasteiger partial charge in [-0.15, -0.1) is 0 Å². The van der Waals surface area contributed by atoms with E-state index in [2.05, 4.69) is 37.5 Å². The highest BCUT2D eigenvalue weighted by atomic mass is 16.2. The van der Waals surface area contributed by atoms with Crippen molar-refractivity contribution >= 4 is 11.8 Å². The molecule has 0 aromatic rings. The van der Waals surface area contributed by atoms with Gasteiger partial charge in [-0.25, -0.2) is 0 Å². The second kappa shape index (κ2) is 7.13. The Labute approximate surface area is 205 Å². The van der Waals surface area contributed by atoms with Crippen molar-refractivity contribution in [3.8, 4) is 0 Å². The second-order valence-corrected chi connectivity index (χ2v) is 14.6. The molecular formula is C30H44N2O2. The van der Waals surface area contributed by atoms with Crippen LogP contribution in [0.3, 0.4) is 0 Å². The molecule has 8 atom stereocenters. The van der Waals surface area contributed by atoms with Crippen LogP contribution < -0.4 is 10.6 Å². The first-order valence-corrected chi connectivity index (χ1v) is 14.5. The molecule has 1 heterocycles. The number of fused-ring (bicyclic) bond motifs is 5. The number of nitrogens with one attached hydrogen (secondary N) is 2. The molecule has 3 unspecified atom stereocenters. The van der Waals surface area contributed by atoms with Gasteiger partial charge in [0.1, 0.15) is 0 Å². The molecule has 0 saturated heterocycles.